The molecule has 1 amide bonds. The second-order valence-electron chi connectivity index (χ2n) is 6.59. The maximum absolute atomic E-state index is 13.3. The van der Waals surface area contributed by atoms with Gasteiger partial charge in [0.2, 0.25) is 17.6 Å². The average Bonchev–Trinajstić information content (AvgIpc) is 3.44. The lowest BCUT2D eigenvalue weighted by Crippen LogP contribution is -2.29. The first-order valence-corrected chi connectivity index (χ1v) is 10.5. The van der Waals surface area contributed by atoms with Gasteiger partial charge in [0.25, 0.3) is 0 Å². The van der Waals surface area contributed by atoms with Crippen LogP contribution in [0.25, 0.3) is 11.4 Å². The molecule has 0 aliphatic rings. The summed E-state index contributed by atoms with van der Waals surface area (Å²) >= 11 is 7.42. The zero-order valence-electron chi connectivity index (χ0n) is 15.7. The fourth-order valence-electron chi connectivity index (χ4n) is 2.96. The quantitative estimate of drug-likeness (QED) is 0.415. The summed E-state index contributed by atoms with van der Waals surface area (Å²) in [5, 5.41) is 9.54. The molecule has 0 bridgehead atoms. The first-order valence-electron chi connectivity index (χ1n) is 9.25. The van der Waals surface area contributed by atoms with Crippen molar-refractivity contribution < 1.29 is 13.7 Å². The van der Waals surface area contributed by atoms with Crippen LogP contribution in [0.4, 0.5) is 4.39 Å². The number of benzene rings is 2. The molecule has 4 rings (SSSR count). The van der Waals surface area contributed by atoms with E-state index in [0.29, 0.717) is 23.2 Å². The molecular formula is C22H17ClFN3O2S. The van der Waals surface area contributed by atoms with Crippen molar-refractivity contribution in [3.05, 3.63) is 93.2 Å². The summed E-state index contributed by atoms with van der Waals surface area (Å²) in [7, 11) is 0. The van der Waals surface area contributed by atoms with E-state index in [2.05, 4.69) is 15.5 Å². The molecule has 8 heteroatoms. The molecule has 0 spiro atoms. The van der Waals surface area contributed by atoms with Crippen LogP contribution in [0.1, 0.15) is 28.8 Å². The van der Waals surface area contributed by atoms with Crippen molar-refractivity contribution in [3.63, 3.8) is 0 Å². The van der Waals surface area contributed by atoms with Crippen LogP contribution >= 0.6 is 22.9 Å². The van der Waals surface area contributed by atoms with Gasteiger partial charge in [-0.2, -0.15) is 4.98 Å². The molecule has 0 radical (unpaired) electrons. The Balaban J connectivity index is 1.40. The van der Waals surface area contributed by atoms with E-state index in [1.807, 2.05) is 17.5 Å². The van der Waals surface area contributed by atoms with Crippen molar-refractivity contribution in [1.29, 1.82) is 0 Å². The fraction of sp³-hybridized carbons (Fsp3) is 0.136. The number of nitrogens with one attached hydrogen (secondary N) is 1. The summed E-state index contributed by atoms with van der Waals surface area (Å²) < 4.78 is 18.6. The third-order valence-corrected chi connectivity index (χ3v) is 5.66. The number of aromatic nitrogens is 2. The number of carbonyl (C=O) groups excluding carboxylic acids is 1. The summed E-state index contributed by atoms with van der Waals surface area (Å²) in [6, 6.07) is 16.8. The fourth-order valence-corrected chi connectivity index (χ4v) is 3.88. The molecule has 2 aromatic carbocycles. The van der Waals surface area contributed by atoms with E-state index in [4.69, 9.17) is 16.1 Å². The van der Waals surface area contributed by atoms with Crippen LogP contribution in [0.15, 0.2) is 70.6 Å². The Bertz CT molecular complexity index is 1110. The van der Waals surface area contributed by atoms with E-state index in [0.717, 1.165) is 16.0 Å². The van der Waals surface area contributed by atoms with Crippen LogP contribution in [0.2, 0.25) is 5.02 Å². The molecule has 1 N–H and O–H groups in total. The molecular weight excluding hydrogens is 425 g/mol. The lowest BCUT2D eigenvalue weighted by Gasteiger charge is -2.18. The minimum absolute atomic E-state index is 0.163. The maximum Gasteiger partial charge on any atom is 0.227 e. The minimum atomic E-state index is -0.342. The van der Waals surface area contributed by atoms with Crippen molar-refractivity contribution in [2.45, 2.75) is 18.9 Å². The number of rotatable bonds is 7. The highest BCUT2D eigenvalue weighted by atomic mass is 35.5. The zero-order valence-corrected chi connectivity index (χ0v) is 17.3. The number of hydrogen-bond acceptors (Lipinski definition) is 5. The molecule has 2 heterocycles. The van der Waals surface area contributed by atoms with E-state index >= 15 is 0 Å². The van der Waals surface area contributed by atoms with Crippen molar-refractivity contribution in [3.8, 4) is 11.4 Å². The van der Waals surface area contributed by atoms with Gasteiger partial charge in [-0.3, -0.25) is 4.79 Å². The zero-order chi connectivity index (χ0) is 20.9. The Hall–Kier alpha value is -3.03. The predicted molar refractivity (Wildman–Crippen MR) is 114 cm³/mol. The largest absolute Gasteiger partial charge is 0.344 e. The Morgan fingerprint density at radius 3 is 2.60 bits per heavy atom. The second kappa shape index (κ2) is 9.19. The molecule has 4 aromatic rings. The number of aryl methyl sites for hydroxylation is 1. The van der Waals surface area contributed by atoms with Crippen LogP contribution in [-0.4, -0.2) is 16.0 Å². The Kier molecular flexibility index (Phi) is 6.21. The number of carbonyl (C=O) groups is 1. The van der Waals surface area contributed by atoms with E-state index in [1.165, 1.54) is 23.5 Å². The summed E-state index contributed by atoms with van der Waals surface area (Å²) in [5.74, 6) is 0.348. The van der Waals surface area contributed by atoms with Gasteiger partial charge in [-0.05, 0) is 53.4 Å². The summed E-state index contributed by atoms with van der Waals surface area (Å²) in [6.45, 7) is 0. The van der Waals surface area contributed by atoms with Gasteiger partial charge in [-0.15, -0.1) is 11.3 Å². The molecule has 1 atom stereocenters. The minimum Gasteiger partial charge on any atom is -0.344 e. The summed E-state index contributed by atoms with van der Waals surface area (Å²) in [6.07, 6.45) is 0.498. The van der Waals surface area contributed by atoms with Crippen molar-refractivity contribution in [1.82, 2.24) is 15.5 Å². The van der Waals surface area contributed by atoms with Crippen molar-refractivity contribution in [2.75, 3.05) is 0 Å². The molecule has 0 fully saturated rings. The second-order valence-corrected chi connectivity index (χ2v) is 8.00. The predicted octanol–water partition coefficient (Wildman–Crippen LogP) is 5.43. The maximum atomic E-state index is 13.3. The van der Waals surface area contributed by atoms with Crippen LogP contribution in [-0.2, 0) is 11.2 Å². The van der Waals surface area contributed by atoms with Gasteiger partial charge in [0, 0.05) is 28.3 Å². The van der Waals surface area contributed by atoms with Gasteiger partial charge in [-0.25, -0.2) is 4.39 Å². The number of hydrogen-bond donors (Lipinski definition) is 1. The monoisotopic (exact) mass is 441 g/mol. The van der Waals surface area contributed by atoms with Crippen LogP contribution in [0, 0.1) is 5.82 Å². The summed E-state index contributed by atoms with van der Waals surface area (Å²) in [4.78, 5) is 17.9. The SMILES string of the molecule is O=C(CCc1nc(-c2ccc(Cl)cc2)no1)NC(c1ccc(F)cc1)c1cccs1. The number of amides is 1. The van der Waals surface area contributed by atoms with E-state index < -0.39 is 0 Å². The van der Waals surface area contributed by atoms with Crippen molar-refractivity contribution in [2.24, 2.45) is 0 Å². The first kappa shape index (κ1) is 20.3. The highest BCUT2D eigenvalue weighted by molar-refractivity contribution is 7.10. The highest BCUT2D eigenvalue weighted by Crippen LogP contribution is 2.26. The normalized spacial score (nSPS) is 11.9. The molecule has 0 saturated heterocycles. The van der Waals surface area contributed by atoms with Gasteiger partial charge < -0.3 is 9.84 Å². The van der Waals surface area contributed by atoms with Crippen molar-refractivity contribution >= 4 is 28.8 Å². The molecule has 0 aliphatic carbocycles. The smallest absolute Gasteiger partial charge is 0.227 e. The number of thiophene rings is 1. The Morgan fingerprint density at radius 1 is 1.13 bits per heavy atom. The Labute approximate surface area is 181 Å². The Morgan fingerprint density at radius 2 is 1.90 bits per heavy atom. The van der Waals surface area contributed by atoms with Crippen LogP contribution in [0.5, 0.6) is 0 Å². The van der Waals surface area contributed by atoms with Gasteiger partial charge in [0.1, 0.15) is 5.82 Å². The molecule has 1 unspecified atom stereocenters. The number of halogens is 2. The molecule has 30 heavy (non-hydrogen) atoms. The molecule has 0 aliphatic heterocycles. The number of nitrogens with zero attached hydrogens (tertiary/aromatic N) is 2. The molecule has 2 aromatic heterocycles. The first-order chi connectivity index (χ1) is 14.6. The standard InChI is InChI=1S/C22H17ClFN3O2S/c23-16-7-3-15(4-8-16)22-26-20(29-27-22)12-11-19(28)25-21(18-2-1-13-30-18)14-5-9-17(24)10-6-14/h1-10,13,21H,11-12H2,(H,25,28). The molecule has 152 valence electrons. The van der Waals surface area contributed by atoms with Gasteiger partial charge >= 0.3 is 0 Å². The molecule has 5 nitrogen and oxygen atoms in total. The average molecular weight is 442 g/mol. The van der Waals surface area contributed by atoms with E-state index in [9.17, 15) is 9.18 Å². The third kappa shape index (κ3) is 4.93. The summed E-state index contributed by atoms with van der Waals surface area (Å²) in [5.41, 5.74) is 1.60. The lowest BCUT2D eigenvalue weighted by atomic mass is 10.0. The lowest BCUT2D eigenvalue weighted by molar-refractivity contribution is -0.121. The van der Waals surface area contributed by atoms with Crippen LogP contribution in [0.3, 0.4) is 0 Å². The third-order valence-electron chi connectivity index (χ3n) is 4.47. The van der Waals surface area contributed by atoms with Gasteiger partial charge in [0.05, 0.1) is 6.04 Å². The molecule has 0 saturated carbocycles. The topological polar surface area (TPSA) is 68.0 Å². The van der Waals surface area contributed by atoms with Gasteiger partial charge in [0.15, 0.2) is 0 Å². The van der Waals surface area contributed by atoms with Gasteiger partial charge in [-0.1, -0.05) is 35.0 Å². The van der Waals surface area contributed by atoms with E-state index in [-0.39, 0.29) is 24.2 Å². The van der Waals surface area contributed by atoms with E-state index in [1.54, 1.807) is 36.4 Å². The van der Waals surface area contributed by atoms with Crippen LogP contribution < -0.4 is 5.32 Å². The highest BCUT2D eigenvalue weighted by Gasteiger charge is 2.19.